The first-order valence-corrected chi connectivity index (χ1v) is 6.91. The number of rotatable bonds is 6. The summed E-state index contributed by atoms with van der Waals surface area (Å²) < 4.78 is 5.24. The number of ether oxygens (including phenoxy) is 1. The molecule has 0 N–H and O–H groups in total. The Kier molecular flexibility index (Phi) is 6.33. The van der Waals surface area contributed by atoms with Crippen molar-refractivity contribution in [3.63, 3.8) is 0 Å². The second kappa shape index (κ2) is 7.77. The summed E-state index contributed by atoms with van der Waals surface area (Å²) in [4.78, 5) is 18.7. The molecule has 0 unspecified atom stereocenters. The summed E-state index contributed by atoms with van der Waals surface area (Å²) in [6, 6.07) is 0. The maximum Gasteiger partial charge on any atom is 0.272 e. The highest BCUT2D eigenvalue weighted by Crippen LogP contribution is 2.15. The summed E-state index contributed by atoms with van der Waals surface area (Å²) in [6.45, 7) is 7.61. The van der Waals surface area contributed by atoms with Crippen molar-refractivity contribution in [1.29, 1.82) is 0 Å². The fourth-order valence-corrected chi connectivity index (χ4v) is 2.05. The van der Waals surface area contributed by atoms with E-state index in [1.165, 1.54) is 0 Å². The van der Waals surface area contributed by atoms with Crippen LogP contribution >= 0.6 is 0 Å². The molecule has 0 aromatic rings. The van der Waals surface area contributed by atoms with E-state index in [4.69, 9.17) is 4.74 Å². The molecule has 0 aromatic heterocycles. The predicted molar refractivity (Wildman–Crippen MR) is 78.1 cm³/mol. The minimum absolute atomic E-state index is 0.0220. The third-order valence-electron chi connectivity index (χ3n) is 2.92. The van der Waals surface area contributed by atoms with Crippen molar-refractivity contribution in [1.82, 2.24) is 4.90 Å². The van der Waals surface area contributed by atoms with Gasteiger partial charge in [0.05, 0.1) is 7.11 Å². The minimum Gasteiger partial charge on any atom is -0.501 e. The molecular weight excluding hydrogens is 240 g/mol. The highest BCUT2D eigenvalue weighted by molar-refractivity contribution is 6.01. The second-order valence-corrected chi connectivity index (χ2v) is 4.65. The van der Waals surface area contributed by atoms with Gasteiger partial charge in [-0.05, 0) is 31.9 Å². The van der Waals surface area contributed by atoms with Crippen LogP contribution < -0.4 is 0 Å². The summed E-state index contributed by atoms with van der Waals surface area (Å²) in [5, 5.41) is 0. The van der Waals surface area contributed by atoms with E-state index >= 15 is 0 Å². The molecule has 1 amide bonds. The van der Waals surface area contributed by atoms with E-state index in [2.05, 4.69) is 18.8 Å². The standard InChI is InChI=1S/C15H24N2O2/c1-5-9-17(10-6-2)15(18)14-8-7-13(19-4)11-12(3)16-14/h8,11H,5-7,9-10H2,1-4H3. The number of carbonyl (C=O) groups is 1. The first-order chi connectivity index (χ1) is 9.12. The van der Waals surface area contributed by atoms with Crippen molar-refractivity contribution in [3.05, 3.63) is 23.6 Å². The average Bonchev–Trinajstić information content (AvgIpc) is 2.59. The molecule has 1 aliphatic heterocycles. The van der Waals surface area contributed by atoms with Crippen LogP contribution in [0.15, 0.2) is 28.6 Å². The van der Waals surface area contributed by atoms with Crippen molar-refractivity contribution in [2.75, 3.05) is 20.2 Å². The van der Waals surface area contributed by atoms with E-state index in [0.717, 1.165) is 37.4 Å². The van der Waals surface area contributed by atoms with E-state index in [1.807, 2.05) is 24.0 Å². The molecule has 0 fully saturated rings. The Balaban J connectivity index is 2.87. The van der Waals surface area contributed by atoms with Crippen molar-refractivity contribution in [2.24, 2.45) is 4.99 Å². The van der Waals surface area contributed by atoms with Crippen LogP contribution in [-0.4, -0.2) is 36.7 Å². The van der Waals surface area contributed by atoms with Gasteiger partial charge in [-0.2, -0.15) is 0 Å². The number of nitrogens with zero attached hydrogens (tertiary/aromatic N) is 2. The first kappa shape index (κ1) is 15.5. The van der Waals surface area contributed by atoms with Gasteiger partial charge >= 0.3 is 0 Å². The summed E-state index contributed by atoms with van der Waals surface area (Å²) in [7, 11) is 1.64. The van der Waals surface area contributed by atoms with Crippen LogP contribution in [0.5, 0.6) is 0 Å². The highest BCUT2D eigenvalue weighted by Gasteiger charge is 2.18. The number of hydrogen-bond donors (Lipinski definition) is 0. The third kappa shape index (κ3) is 4.54. The fourth-order valence-electron chi connectivity index (χ4n) is 2.05. The second-order valence-electron chi connectivity index (χ2n) is 4.65. The van der Waals surface area contributed by atoms with Crippen LogP contribution in [0, 0.1) is 0 Å². The zero-order chi connectivity index (χ0) is 14.3. The third-order valence-corrected chi connectivity index (χ3v) is 2.92. The quantitative estimate of drug-likeness (QED) is 0.740. The maximum absolute atomic E-state index is 12.5. The van der Waals surface area contributed by atoms with Crippen LogP contribution in [0.25, 0.3) is 0 Å². The van der Waals surface area contributed by atoms with Gasteiger partial charge in [0.2, 0.25) is 0 Å². The Morgan fingerprint density at radius 1 is 1.37 bits per heavy atom. The molecular formula is C15H24N2O2. The van der Waals surface area contributed by atoms with Crippen LogP contribution in [0.3, 0.4) is 0 Å². The zero-order valence-corrected chi connectivity index (χ0v) is 12.4. The Bertz CT molecular complexity index is 402. The monoisotopic (exact) mass is 264 g/mol. The number of aliphatic imine (C=N–C) groups is 1. The number of amides is 1. The summed E-state index contributed by atoms with van der Waals surface area (Å²) in [5.41, 5.74) is 1.34. The van der Waals surface area contributed by atoms with Crippen molar-refractivity contribution < 1.29 is 9.53 Å². The molecule has 106 valence electrons. The van der Waals surface area contributed by atoms with E-state index in [1.54, 1.807) is 7.11 Å². The molecule has 0 aromatic carbocycles. The summed E-state index contributed by atoms with van der Waals surface area (Å²) in [5.74, 6) is 0.857. The van der Waals surface area contributed by atoms with Gasteiger partial charge in [0.15, 0.2) is 0 Å². The highest BCUT2D eigenvalue weighted by atomic mass is 16.5. The van der Waals surface area contributed by atoms with Crippen LogP contribution in [-0.2, 0) is 9.53 Å². The first-order valence-electron chi connectivity index (χ1n) is 6.91. The lowest BCUT2D eigenvalue weighted by Crippen LogP contribution is -2.33. The number of hydrogen-bond acceptors (Lipinski definition) is 3. The SMILES string of the molecule is CCCN(CCC)C(=O)C1=CCC(OC)=CC(C)=N1. The molecule has 1 aliphatic rings. The molecule has 0 aliphatic carbocycles. The normalized spacial score (nSPS) is 15.1. The maximum atomic E-state index is 12.5. The van der Waals surface area contributed by atoms with Crippen molar-refractivity contribution in [2.45, 2.75) is 40.0 Å². The van der Waals surface area contributed by atoms with Gasteiger partial charge in [0.1, 0.15) is 11.5 Å². The van der Waals surface area contributed by atoms with Gasteiger partial charge in [0.25, 0.3) is 5.91 Å². The lowest BCUT2D eigenvalue weighted by atomic mass is 10.2. The van der Waals surface area contributed by atoms with Crippen LogP contribution in [0.4, 0.5) is 0 Å². The molecule has 0 radical (unpaired) electrons. The minimum atomic E-state index is 0.0220. The topological polar surface area (TPSA) is 41.9 Å². The Morgan fingerprint density at radius 3 is 2.53 bits per heavy atom. The lowest BCUT2D eigenvalue weighted by Gasteiger charge is -2.21. The number of carbonyl (C=O) groups excluding carboxylic acids is 1. The Labute approximate surface area is 115 Å². The number of methoxy groups -OCH3 is 1. The Hall–Kier alpha value is -1.58. The molecule has 1 rings (SSSR count). The molecule has 1 heterocycles. The van der Waals surface area contributed by atoms with Crippen molar-refractivity contribution >= 4 is 11.6 Å². The predicted octanol–water partition coefficient (Wildman–Crippen LogP) is 2.91. The van der Waals surface area contributed by atoms with Gasteiger partial charge < -0.3 is 9.64 Å². The summed E-state index contributed by atoms with van der Waals surface area (Å²) in [6.07, 6.45) is 6.27. The van der Waals surface area contributed by atoms with E-state index in [-0.39, 0.29) is 5.91 Å². The van der Waals surface area contributed by atoms with Gasteiger partial charge in [-0.25, -0.2) is 4.99 Å². The van der Waals surface area contributed by atoms with Gasteiger partial charge in [-0.15, -0.1) is 0 Å². The molecule has 0 saturated heterocycles. The molecule has 19 heavy (non-hydrogen) atoms. The molecule has 4 nitrogen and oxygen atoms in total. The molecule has 0 saturated carbocycles. The smallest absolute Gasteiger partial charge is 0.272 e. The molecule has 4 heteroatoms. The van der Waals surface area contributed by atoms with Gasteiger partial charge in [-0.3, -0.25) is 4.79 Å². The average molecular weight is 264 g/mol. The largest absolute Gasteiger partial charge is 0.501 e. The molecule has 0 atom stereocenters. The van der Waals surface area contributed by atoms with E-state index in [0.29, 0.717) is 12.1 Å². The van der Waals surface area contributed by atoms with Crippen LogP contribution in [0.2, 0.25) is 0 Å². The fraction of sp³-hybridized carbons (Fsp3) is 0.600. The zero-order valence-electron chi connectivity index (χ0n) is 12.4. The van der Waals surface area contributed by atoms with Crippen molar-refractivity contribution in [3.8, 4) is 0 Å². The Morgan fingerprint density at radius 2 is 2.00 bits per heavy atom. The van der Waals surface area contributed by atoms with Gasteiger partial charge in [0, 0.05) is 25.2 Å². The molecule has 0 spiro atoms. The summed E-state index contributed by atoms with van der Waals surface area (Å²) >= 11 is 0. The van der Waals surface area contributed by atoms with Gasteiger partial charge in [-0.1, -0.05) is 13.8 Å². The molecule has 0 bridgehead atoms. The van der Waals surface area contributed by atoms with E-state index in [9.17, 15) is 4.79 Å². The van der Waals surface area contributed by atoms with E-state index < -0.39 is 0 Å². The van der Waals surface area contributed by atoms with Crippen LogP contribution in [0.1, 0.15) is 40.0 Å². The number of allylic oxidation sites excluding steroid dienone is 2. The lowest BCUT2D eigenvalue weighted by molar-refractivity contribution is -0.127.